The van der Waals surface area contributed by atoms with Crippen molar-refractivity contribution >= 4 is 28.8 Å². The zero-order valence-corrected chi connectivity index (χ0v) is 12.4. The highest BCUT2D eigenvalue weighted by Crippen LogP contribution is 2.20. The number of benzene rings is 2. The minimum absolute atomic E-state index is 0.139. The van der Waals surface area contributed by atoms with Gasteiger partial charge >= 0.3 is 0 Å². The van der Waals surface area contributed by atoms with Gasteiger partial charge in [0.25, 0.3) is 0 Å². The molecule has 0 saturated heterocycles. The zero-order valence-electron chi connectivity index (χ0n) is 11.6. The Morgan fingerprint density at radius 1 is 1.29 bits per heavy atom. The third-order valence-corrected chi connectivity index (χ3v) is 3.27. The number of carbonyl (C=O) groups excluding carboxylic acids is 1. The monoisotopic (exact) mass is 300 g/mol. The lowest BCUT2D eigenvalue weighted by molar-refractivity contribution is -0.115. The van der Waals surface area contributed by atoms with Crippen molar-refractivity contribution in [2.45, 2.75) is 13.3 Å². The molecule has 0 unspecified atom stereocenters. The first-order valence-corrected chi connectivity index (χ1v) is 6.85. The predicted octanol–water partition coefficient (Wildman–Crippen LogP) is 2.52. The van der Waals surface area contributed by atoms with Crippen LogP contribution in [0.4, 0.5) is 5.69 Å². The smallest absolute Gasteiger partial charge is 0.228 e. The largest absolute Gasteiger partial charge is 0.508 e. The van der Waals surface area contributed by atoms with Crippen molar-refractivity contribution < 1.29 is 9.90 Å². The van der Waals surface area contributed by atoms with Crippen molar-refractivity contribution in [1.29, 1.82) is 0 Å². The first-order valence-electron chi connectivity index (χ1n) is 6.44. The van der Waals surface area contributed by atoms with Gasteiger partial charge in [-0.1, -0.05) is 36.5 Å². The van der Waals surface area contributed by atoms with Crippen LogP contribution in [0.25, 0.3) is 0 Å². The van der Waals surface area contributed by atoms with E-state index in [1.165, 1.54) is 0 Å². The van der Waals surface area contributed by atoms with E-state index >= 15 is 0 Å². The lowest BCUT2D eigenvalue weighted by Gasteiger charge is -2.12. The highest BCUT2D eigenvalue weighted by molar-refractivity contribution is 7.80. The molecule has 4 nitrogen and oxygen atoms in total. The topological polar surface area (TPSA) is 75.3 Å². The molecule has 0 heterocycles. The minimum Gasteiger partial charge on any atom is -0.508 e. The normalized spacial score (nSPS) is 10.1. The number of phenols is 1. The summed E-state index contributed by atoms with van der Waals surface area (Å²) in [5.41, 5.74) is 8.64. The van der Waals surface area contributed by atoms with Crippen LogP contribution in [0.15, 0.2) is 42.5 Å². The van der Waals surface area contributed by atoms with Crippen molar-refractivity contribution in [2.24, 2.45) is 5.73 Å². The molecule has 2 aromatic rings. The summed E-state index contributed by atoms with van der Waals surface area (Å²) in [4.78, 5) is 12.4. The van der Waals surface area contributed by atoms with Gasteiger partial charge in [0.2, 0.25) is 5.91 Å². The first-order chi connectivity index (χ1) is 9.97. The number of aryl methyl sites for hydroxylation is 1. The molecule has 5 heteroatoms. The third-order valence-electron chi connectivity index (χ3n) is 3.07. The van der Waals surface area contributed by atoms with E-state index in [2.05, 4.69) is 5.32 Å². The molecule has 4 N–H and O–H groups in total. The van der Waals surface area contributed by atoms with Gasteiger partial charge in [-0.25, -0.2) is 0 Å². The van der Waals surface area contributed by atoms with Crippen LogP contribution >= 0.6 is 12.2 Å². The minimum atomic E-state index is -0.191. The lowest BCUT2D eigenvalue weighted by Crippen LogP contribution is -2.19. The summed E-state index contributed by atoms with van der Waals surface area (Å²) in [5.74, 6) is -0.0524. The van der Waals surface area contributed by atoms with E-state index < -0.39 is 0 Å². The Labute approximate surface area is 128 Å². The lowest BCUT2D eigenvalue weighted by atomic mass is 10.1. The molecule has 0 spiro atoms. The number of hydrogen-bond acceptors (Lipinski definition) is 3. The fourth-order valence-electron chi connectivity index (χ4n) is 2.15. The van der Waals surface area contributed by atoms with Crippen LogP contribution in [-0.2, 0) is 11.2 Å². The first kappa shape index (κ1) is 15.0. The van der Waals surface area contributed by atoms with Gasteiger partial charge in [0.1, 0.15) is 10.7 Å². The van der Waals surface area contributed by atoms with Crippen LogP contribution in [0, 0.1) is 6.92 Å². The molecule has 108 valence electrons. The van der Waals surface area contributed by atoms with Crippen LogP contribution in [-0.4, -0.2) is 16.0 Å². The number of nitrogens with two attached hydrogens (primary N) is 1. The van der Waals surface area contributed by atoms with Gasteiger partial charge in [0.05, 0.1) is 12.1 Å². The Kier molecular flexibility index (Phi) is 4.55. The van der Waals surface area contributed by atoms with Crippen molar-refractivity contribution in [3.8, 4) is 5.75 Å². The van der Waals surface area contributed by atoms with Crippen LogP contribution in [0.2, 0.25) is 0 Å². The van der Waals surface area contributed by atoms with Crippen LogP contribution in [0.3, 0.4) is 0 Å². The quantitative estimate of drug-likeness (QED) is 0.758. The van der Waals surface area contributed by atoms with Gasteiger partial charge in [0, 0.05) is 5.56 Å². The average molecular weight is 300 g/mol. The molecule has 1 amide bonds. The maximum atomic E-state index is 12.1. The van der Waals surface area contributed by atoms with Crippen molar-refractivity contribution in [3.63, 3.8) is 0 Å². The number of carbonyl (C=O) groups is 1. The SMILES string of the molecule is Cc1cccc(NC(=O)Cc2cccc(O)c2)c1C(N)=S. The Hall–Kier alpha value is -2.40. The number of amides is 1. The summed E-state index contributed by atoms with van der Waals surface area (Å²) in [5, 5.41) is 12.2. The number of hydrogen-bond donors (Lipinski definition) is 3. The fraction of sp³-hybridized carbons (Fsp3) is 0.125. The predicted molar refractivity (Wildman–Crippen MR) is 87.5 cm³/mol. The summed E-state index contributed by atoms with van der Waals surface area (Å²) in [6.45, 7) is 1.89. The van der Waals surface area contributed by atoms with Crippen LogP contribution in [0.5, 0.6) is 5.75 Å². The van der Waals surface area contributed by atoms with E-state index in [1.807, 2.05) is 19.1 Å². The number of aromatic hydroxyl groups is 1. The van der Waals surface area contributed by atoms with Gasteiger partial charge in [-0.15, -0.1) is 0 Å². The van der Waals surface area contributed by atoms with E-state index in [0.717, 1.165) is 11.1 Å². The number of phenolic OH excluding ortho intramolecular Hbond substituents is 1. The second-order valence-electron chi connectivity index (χ2n) is 4.76. The second kappa shape index (κ2) is 6.37. The summed E-state index contributed by atoms with van der Waals surface area (Å²) in [6.07, 6.45) is 0.166. The van der Waals surface area contributed by atoms with Gasteiger partial charge in [-0.2, -0.15) is 0 Å². The maximum Gasteiger partial charge on any atom is 0.228 e. The standard InChI is InChI=1S/C16H16N2O2S/c1-10-4-2-7-13(15(10)16(17)21)18-14(20)9-11-5-3-6-12(19)8-11/h2-8,19H,9H2,1H3,(H2,17,21)(H,18,20). The van der Waals surface area contributed by atoms with Gasteiger partial charge in [-0.05, 0) is 36.2 Å². The summed E-state index contributed by atoms with van der Waals surface area (Å²) < 4.78 is 0. The molecular weight excluding hydrogens is 284 g/mol. The zero-order chi connectivity index (χ0) is 15.4. The van der Waals surface area contributed by atoms with E-state index in [9.17, 15) is 9.90 Å². The number of rotatable bonds is 4. The average Bonchev–Trinajstić information content (AvgIpc) is 2.37. The fourth-order valence-corrected chi connectivity index (χ4v) is 2.42. The van der Waals surface area contributed by atoms with Crippen molar-refractivity contribution in [1.82, 2.24) is 0 Å². The highest BCUT2D eigenvalue weighted by atomic mass is 32.1. The number of nitrogens with one attached hydrogen (secondary N) is 1. The highest BCUT2D eigenvalue weighted by Gasteiger charge is 2.11. The second-order valence-corrected chi connectivity index (χ2v) is 5.20. The van der Waals surface area contributed by atoms with E-state index in [0.29, 0.717) is 11.3 Å². The Morgan fingerprint density at radius 3 is 2.67 bits per heavy atom. The van der Waals surface area contributed by atoms with E-state index in [1.54, 1.807) is 30.3 Å². The molecule has 0 aliphatic carbocycles. The van der Waals surface area contributed by atoms with Gasteiger partial charge < -0.3 is 16.2 Å². The molecule has 0 saturated carbocycles. The Morgan fingerprint density at radius 2 is 2.00 bits per heavy atom. The Bertz CT molecular complexity index is 698. The van der Waals surface area contributed by atoms with Crippen molar-refractivity contribution in [2.75, 3.05) is 5.32 Å². The molecule has 0 aromatic heterocycles. The number of thiocarbonyl (C=S) groups is 1. The molecule has 2 rings (SSSR count). The van der Waals surface area contributed by atoms with Crippen molar-refractivity contribution in [3.05, 3.63) is 59.2 Å². The third kappa shape index (κ3) is 3.79. The Balaban J connectivity index is 2.17. The summed E-state index contributed by atoms with van der Waals surface area (Å²) in [7, 11) is 0. The maximum absolute atomic E-state index is 12.1. The molecule has 0 bridgehead atoms. The van der Waals surface area contributed by atoms with E-state index in [-0.39, 0.29) is 23.1 Å². The molecular formula is C16H16N2O2S. The van der Waals surface area contributed by atoms with Gasteiger partial charge in [-0.3, -0.25) is 4.79 Å². The molecule has 0 atom stereocenters. The molecule has 0 aliphatic heterocycles. The summed E-state index contributed by atoms with van der Waals surface area (Å²) >= 11 is 5.03. The number of anilines is 1. The van der Waals surface area contributed by atoms with Crippen LogP contribution in [0.1, 0.15) is 16.7 Å². The molecule has 0 fully saturated rings. The summed E-state index contributed by atoms with van der Waals surface area (Å²) in [6, 6.07) is 12.1. The van der Waals surface area contributed by atoms with Crippen LogP contribution < -0.4 is 11.1 Å². The van der Waals surface area contributed by atoms with Gasteiger partial charge in [0.15, 0.2) is 0 Å². The van der Waals surface area contributed by atoms with E-state index in [4.69, 9.17) is 18.0 Å². The molecule has 21 heavy (non-hydrogen) atoms. The molecule has 0 aliphatic rings. The molecule has 0 radical (unpaired) electrons. The molecule has 2 aromatic carbocycles.